The van der Waals surface area contributed by atoms with E-state index >= 15 is 0 Å². The molecule has 0 saturated carbocycles. The molecule has 0 aromatic heterocycles. The number of rotatable bonds is 2. The summed E-state index contributed by atoms with van der Waals surface area (Å²) in [6, 6.07) is 5.73. The molecule has 1 aliphatic rings. The van der Waals surface area contributed by atoms with Gasteiger partial charge in [-0.2, -0.15) is 0 Å². The van der Waals surface area contributed by atoms with E-state index in [0.29, 0.717) is 24.5 Å². The number of benzene rings is 1. The Hall–Kier alpha value is -1.06. The van der Waals surface area contributed by atoms with Crippen molar-refractivity contribution in [3.63, 3.8) is 0 Å². The minimum atomic E-state index is 0.114. The third-order valence-corrected chi connectivity index (χ3v) is 3.49. The zero-order chi connectivity index (χ0) is 11.7. The van der Waals surface area contributed by atoms with Crippen molar-refractivity contribution in [2.45, 2.75) is 13.3 Å². The first-order valence-corrected chi connectivity index (χ1v) is 5.77. The van der Waals surface area contributed by atoms with Gasteiger partial charge in [0.25, 0.3) is 0 Å². The van der Waals surface area contributed by atoms with Crippen molar-refractivity contribution in [2.24, 2.45) is 11.7 Å². The first-order chi connectivity index (χ1) is 7.63. The Morgan fingerprint density at radius 3 is 2.94 bits per heavy atom. The van der Waals surface area contributed by atoms with Crippen LogP contribution in [0.15, 0.2) is 18.2 Å². The van der Waals surface area contributed by atoms with Crippen LogP contribution in [-0.4, -0.2) is 19.0 Å². The Bertz CT molecular complexity index is 419. The van der Waals surface area contributed by atoms with E-state index in [-0.39, 0.29) is 11.8 Å². The van der Waals surface area contributed by atoms with Crippen molar-refractivity contribution in [1.29, 1.82) is 0 Å². The number of nitrogens with zero attached hydrogens (tertiary/aromatic N) is 1. The van der Waals surface area contributed by atoms with Crippen LogP contribution in [0, 0.1) is 12.8 Å². The smallest absolute Gasteiger partial charge is 0.227 e. The number of halogens is 1. The number of carbonyl (C=O) groups excluding carboxylic acids is 1. The average Bonchev–Trinajstić information content (AvgIpc) is 2.64. The zero-order valence-corrected chi connectivity index (χ0v) is 10.00. The molecule has 4 heteroatoms. The monoisotopic (exact) mass is 238 g/mol. The fraction of sp³-hybridized carbons (Fsp3) is 0.417. The summed E-state index contributed by atoms with van der Waals surface area (Å²) in [5.74, 6) is 0.368. The SMILES string of the molecule is Cc1cccc(N2CC(CN)CC2=O)c1Cl. The Kier molecular flexibility index (Phi) is 3.17. The molecule has 1 heterocycles. The van der Waals surface area contributed by atoms with Crippen molar-refractivity contribution in [3.8, 4) is 0 Å². The predicted octanol–water partition coefficient (Wildman–Crippen LogP) is 1.96. The van der Waals surface area contributed by atoms with Gasteiger partial charge in [0.15, 0.2) is 0 Å². The number of hydrogen-bond acceptors (Lipinski definition) is 2. The molecule has 1 saturated heterocycles. The van der Waals surface area contributed by atoms with Crippen molar-refractivity contribution in [2.75, 3.05) is 18.0 Å². The van der Waals surface area contributed by atoms with E-state index in [1.54, 1.807) is 4.90 Å². The Labute approximate surface area is 100 Å². The summed E-state index contributed by atoms with van der Waals surface area (Å²) < 4.78 is 0. The van der Waals surface area contributed by atoms with E-state index in [1.165, 1.54) is 0 Å². The number of nitrogens with two attached hydrogens (primary N) is 1. The predicted molar refractivity (Wildman–Crippen MR) is 65.7 cm³/mol. The van der Waals surface area contributed by atoms with Crippen LogP contribution >= 0.6 is 11.6 Å². The van der Waals surface area contributed by atoms with E-state index in [4.69, 9.17) is 17.3 Å². The number of amides is 1. The molecule has 1 atom stereocenters. The lowest BCUT2D eigenvalue weighted by Crippen LogP contribution is -2.26. The summed E-state index contributed by atoms with van der Waals surface area (Å²) in [4.78, 5) is 13.6. The lowest BCUT2D eigenvalue weighted by Gasteiger charge is -2.18. The van der Waals surface area contributed by atoms with Gasteiger partial charge in [0.1, 0.15) is 0 Å². The largest absolute Gasteiger partial charge is 0.330 e. The first kappa shape index (κ1) is 11.4. The van der Waals surface area contributed by atoms with Gasteiger partial charge in [-0.05, 0) is 31.0 Å². The third-order valence-electron chi connectivity index (χ3n) is 3.00. The molecule has 0 radical (unpaired) electrons. The lowest BCUT2D eigenvalue weighted by molar-refractivity contribution is -0.117. The number of aryl methyl sites for hydroxylation is 1. The lowest BCUT2D eigenvalue weighted by atomic mass is 10.1. The fourth-order valence-corrected chi connectivity index (χ4v) is 2.24. The molecule has 16 heavy (non-hydrogen) atoms. The summed E-state index contributed by atoms with van der Waals surface area (Å²) in [6.07, 6.45) is 0.529. The highest BCUT2D eigenvalue weighted by Crippen LogP contribution is 2.32. The maximum atomic E-state index is 11.8. The van der Waals surface area contributed by atoms with E-state index in [2.05, 4.69) is 0 Å². The van der Waals surface area contributed by atoms with Crippen LogP contribution in [0.1, 0.15) is 12.0 Å². The standard InChI is InChI=1S/C12H15ClN2O/c1-8-3-2-4-10(12(8)13)15-7-9(6-14)5-11(15)16/h2-4,9H,5-7,14H2,1H3. The van der Waals surface area contributed by atoms with Crippen LogP contribution < -0.4 is 10.6 Å². The summed E-state index contributed by atoms with van der Waals surface area (Å²) in [5.41, 5.74) is 7.39. The van der Waals surface area contributed by atoms with Gasteiger partial charge in [-0.3, -0.25) is 4.79 Å². The second-order valence-corrected chi connectivity index (χ2v) is 4.60. The fourth-order valence-electron chi connectivity index (χ4n) is 2.01. The molecule has 1 amide bonds. The molecule has 2 rings (SSSR count). The van der Waals surface area contributed by atoms with Gasteiger partial charge in [-0.25, -0.2) is 0 Å². The van der Waals surface area contributed by atoms with E-state index in [0.717, 1.165) is 11.3 Å². The first-order valence-electron chi connectivity index (χ1n) is 5.39. The molecule has 86 valence electrons. The van der Waals surface area contributed by atoms with Gasteiger partial charge in [0.05, 0.1) is 10.7 Å². The van der Waals surface area contributed by atoms with Gasteiger partial charge in [-0.1, -0.05) is 23.7 Å². The van der Waals surface area contributed by atoms with Crippen molar-refractivity contribution < 1.29 is 4.79 Å². The summed E-state index contributed by atoms with van der Waals surface area (Å²) in [7, 11) is 0. The topological polar surface area (TPSA) is 46.3 Å². The highest BCUT2D eigenvalue weighted by Gasteiger charge is 2.30. The number of anilines is 1. The van der Waals surface area contributed by atoms with Gasteiger partial charge >= 0.3 is 0 Å². The van der Waals surface area contributed by atoms with Crippen molar-refractivity contribution in [1.82, 2.24) is 0 Å². The third kappa shape index (κ3) is 1.93. The second-order valence-electron chi connectivity index (χ2n) is 4.22. The second kappa shape index (κ2) is 4.44. The van der Waals surface area contributed by atoms with E-state index in [9.17, 15) is 4.79 Å². The van der Waals surface area contributed by atoms with Gasteiger partial charge in [-0.15, -0.1) is 0 Å². The summed E-state index contributed by atoms with van der Waals surface area (Å²) >= 11 is 6.20. The molecule has 1 aliphatic heterocycles. The Morgan fingerprint density at radius 1 is 1.56 bits per heavy atom. The van der Waals surface area contributed by atoms with Crippen molar-refractivity contribution >= 4 is 23.2 Å². The van der Waals surface area contributed by atoms with Gasteiger partial charge in [0, 0.05) is 13.0 Å². The molecular formula is C12H15ClN2O. The number of carbonyl (C=O) groups is 1. The summed E-state index contributed by atoms with van der Waals surface area (Å²) in [6.45, 7) is 3.16. The molecule has 1 fully saturated rings. The molecule has 0 bridgehead atoms. The Morgan fingerprint density at radius 2 is 2.31 bits per heavy atom. The maximum Gasteiger partial charge on any atom is 0.227 e. The average molecular weight is 239 g/mol. The van der Waals surface area contributed by atoms with Gasteiger partial charge < -0.3 is 10.6 Å². The molecule has 1 aromatic carbocycles. The molecule has 1 aromatic rings. The quantitative estimate of drug-likeness (QED) is 0.856. The van der Waals surface area contributed by atoms with E-state index in [1.807, 2.05) is 25.1 Å². The molecular weight excluding hydrogens is 224 g/mol. The van der Waals surface area contributed by atoms with Crippen LogP contribution in [0.5, 0.6) is 0 Å². The van der Waals surface area contributed by atoms with Crippen LogP contribution in [-0.2, 0) is 4.79 Å². The van der Waals surface area contributed by atoms with Crippen LogP contribution in [0.4, 0.5) is 5.69 Å². The van der Waals surface area contributed by atoms with Crippen LogP contribution in [0.2, 0.25) is 5.02 Å². The van der Waals surface area contributed by atoms with E-state index < -0.39 is 0 Å². The maximum absolute atomic E-state index is 11.8. The molecule has 0 spiro atoms. The minimum Gasteiger partial charge on any atom is -0.330 e. The highest BCUT2D eigenvalue weighted by atomic mass is 35.5. The molecule has 3 nitrogen and oxygen atoms in total. The molecule has 1 unspecified atom stereocenters. The van der Waals surface area contributed by atoms with Crippen LogP contribution in [0.3, 0.4) is 0 Å². The van der Waals surface area contributed by atoms with Gasteiger partial charge in [0.2, 0.25) is 5.91 Å². The Balaban J connectivity index is 2.31. The highest BCUT2D eigenvalue weighted by molar-refractivity contribution is 6.34. The van der Waals surface area contributed by atoms with Crippen LogP contribution in [0.25, 0.3) is 0 Å². The van der Waals surface area contributed by atoms with Crippen molar-refractivity contribution in [3.05, 3.63) is 28.8 Å². The molecule has 0 aliphatic carbocycles. The number of hydrogen-bond donors (Lipinski definition) is 1. The molecule has 2 N–H and O–H groups in total. The summed E-state index contributed by atoms with van der Waals surface area (Å²) in [5, 5.41) is 0.661. The zero-order valence-electron chi connectivity index (χ0n) is 9.24. The minimum absolute atomic E-state index is 0.114. The normalized spacial score (nSPS) is 20.6.